The van der Waals surface area contributed by atoms with Crippen LogP contribution in [-0.2, 0) is 6.54 Å². The average Bonchev–Trinajstić information content (AvgIpc) is 2.99. The lowest BCUT2D eigenvalue weighted by Gasteiger charge is -2.05. The second-order valence-corrected chi connectivity index (χ2v) is 4.08. The molecule has 4 nitrogen and oxygen atoms in total. The molecule has 102 valence electrons. The van der Waals surface area contributed by atoms with Gasteiger partial charge in [-0.25, -0.2) is 0 Å². The number of carbonyl (C=O) groups excluding carboxylic acids is 1. The number of amides is 1. The molecule has 0 radical (unpaired) electrons. The second-order valence-electron chi connectivity index (χ2n) is 4.08. The first-order valence-electron chi connectivity index (χ1n) is 6.30. The van der Waals surface area contributed by atoms with Crippen LogP contribution in [0, 0.1) is 11.8 Å². The Hall–Kier alpha value is -2.51. The lowest BCUT2D eigenvalue weighted by Crippen LogP contribution is -2.23. The van der Waals surface area contributed by atoms with E-state index in [1.807, 2.05) is 6.07 Å². The van der Waals surface area contributed by atoms with Crippen LogP contribution in [0.5, 0.6) is 0 Å². The topological polar surface area (TPSA) is 62.5 Å². The molecule has 0 fully saturated rings. The molecule has 0 unspecified atom stereocenters. The van der Waals surface area contributed by atoms with Crippen molar-refractivity contribution in [2.45, 2.75) is 13.0 Å². The molecular weight excluding hydrogens is 254 g/mol. The largest absolute Gasteiger partial charge is 0.467 e. The number of furan rings is 1. The van der Waals surface area contributed by atoms with Gasteiger partial charge in [-0.3, -0.25) is 4.79 Å². The monoisotopic (exact) mass is 269 g/mol. The standard InChI is InChI=1S/C16H15NO3/c18-10-4-3-7-13-6-1-2-9-15(13)16(19)17-12-14-8-5-11-20-14/h1-2,5-6,8-9,11,18H,4,10,12H2,(H,17,19). The summed E-state index contributed by atoms with van der Waals surface area (Å²) in [5, 5.41) is 11.5. The van der Waals surface area contributed by atoms with E-state index in [9.17, 15) is 4.79 Å². The molecular formula is C16H15NO3. The smallest absolute Gasteiger partial charge is 0.252 e. The van der Waals surface area contributed by atoms with E-state index in [-0.39, 0.29) is 12.5 Å². The number of carbonyl (C=O) groups is 1. The van der Waals surface area contributed by atoms with Crippen LogP contribution in [0.2, 0.25) is 0 Å². The van der Waals surface area contributed by atoms with E-state index < -0.39 is 0 Å². The van der Waals surface area contributed by atoms with Crippen molar-refractivity contribution in [1.29, 1.82) is 0 Å². The van der Waals surface area contributed by atoms with Crippen molar-refractivity contribution in [1.82, 2.24) is 5.32 Å². The van der Waals surface area contributed by atoms with Crippen LogP contribution < -0.4 is 5.32 Å². The lowest BCUT2D eigenvalue weighted by molar-refractivity contribution is 0.0948. The first-order valence-corrected chi connectivity index (χ1v) is 6.30. The van der Waals surface area contributed by atoms with Crippen LogP contribution in [0.1, 0.15) is 28.1 Å². The Bertz CT molecular complexity index is 621. The summed E-state index contributed by atoms with van der Waals surface area (Å²) < 4.78 is 5.16. The van der Waals surface area contributed by atoms with Gasteiger partial charge >= 0.3 is 0 Å². The minimum Gasteiger partial charge on any atom is -0.467 e. The molecule has 0 atom stereocenters. The summed E-state index contributed by atoms with van der Waals surface area (Å²) in [6.07, 6.45) is 1.96. The van der Waals surface area contributed by atoms with Crippen LogP contribution in [0.4, 0.5) is 0 Å². The van der Waals surface area contributed by atoms with Gasteiger partial charge in [0.1, 0.15) is 5.76 Å². The molecule has 0 aliphatic rings. The second kappa shape index (κ2) is 7.17. The van der Waals surface area contributed by atoms with Crippen molar-refractivity contribution in [3.63, 3.8) is 0 Å². The molecule has 1 heterocycles. The quantitative estimate of drug-likeness (QED) is 0.834. The lowest BCUT2D eigenvalue weighted by atomic mass is 10.1. The Morgan fingerprint density at radius 2 is 2.10 bits per heavy atom. The van der Waals surface area contributed by atoms with Gasteiger partial charge in [-0.15, -0.1) is 0 Å². The van der Waals surface area contributed by atoms with Crippen molar-refractivity contribution < 1.29 is 14.3 Å². The van der Waals surface area contributed by atoms with Gasteiger partial charge in [0.15, 0.2) is 0 Å². The zero-order chi connectivity index (χ0) is 14.2. The molecule has 0 spiro atoms. The fourth-order valence-corrected chi connectivity index (χ4v) is 1.68. The summed E-state index contributed by atoms with van der Waals surface area (Å²) in [5.74, 6) is 6.21. The van der Waals surface area contributed by atoms with Crippen LogP contribution in [0.3, 0.4) is 0 Å². The van der Waals surface area contributed by atoms with Gasteiger partial charge in [0.25, 0.3) is 5.91 Å². The Balaban J connectivity index is 2.07. The summed E-state index contributed by atoms with van der Waals surface area (Å²) >= 11 is 0. The molecule has 2 rings (SSSR count). The van der Waals surface area contributed by atoms with Crippen LogP contribution >= 0.6 is 0 Å². The third-order valence-corrected chi connectivity index (χ3v) is 2.63. The number of hydrogen-bond donors (Lipinski definition) is 2. The van der Waals surface area contributed by atoms with E-state index in [1.54, 1.807) is 36.6 Å². The molecule has 1 aromatic heterocycles. The highest BCUT2D eigenvalue weighted by Gasteiger charge is 2.09. The highest BCUT2D eigenvalue weighted by Crippen LogP contribution is 2.08. The van der Waals surface area contributed by atoms with Crippen molar-refractivity contribution in [3.05, 3.63) is 59.5 Å². The maximum atomic E-state index is 12.1. The van der Waals surface area contributed by atoms with Crippen molar-refractivity contribution in [2.24, 2.45) is 0 Å². The summed E-state index contributed by atoms with van der Waals surface area (Å²) in [5.41, 5.74) is 1.17. The third kappa shape index (κ3) is 3.74. The highest BCUT2D eigenvalue weighted by molar-refractivity contribution is 5.96. The zero-order valence-electron chi connectivity index (χ0n) is 10.9. The number of benzene rings is 1. The Morgan fingerprint density at radius 3 is 2.85 bits per heavy atom. The molecule has 20 heavy (non-hydrogen) atoms. The molecule has 0 bridgehead atoms. The first-order chi connectivity index (χ1) is 9.81. The number of aliphatic hydroxyl groups is 1. The average molecular weight is 269 g/mol. The molecule has 2 aromatic rings. The van der Waals surface area contributed by atoms with E-state index in [0.717, 1.165) is 0 Å². The summed E-state index contributed by atoms with van der Waals surface area (Å²) in [6, 6.07) is 10.7. The fraction of sp³-hybridized carbons (Fsp3) is 0.188. The molecule has 0 saturated heterocycles. The van der Waals surface area contributed by atoms with E-state index in [1.165, 1.54) is 0 Å². The van der Waals surface area contributed by atoms with Gasteiger partial charge in [0, 0.05) is 12.0 Å². The van der Waals surface area contributed by atoms with E-state index in [2.05, 4.69) is 17.2 Å². The van der Waals surface area contributed by atoms with Crippen LogP contribution in [-0.4, -0.2) is 17.6 Å². The van der Waals surface area contributed by atoms with Gasteiger partial charge < -0.3 is 14.8 Å². The minimum atomic E-state index is -0.199. The Labute approximate surface area is 117 Å². The molecule has 1 aromatic carbocycles. The predicted molar refractivity (Wildman–Crippen MR) is 74.9 cm³/mol. The molecule has 0 aliphatic carbocycles. The van der Waals surface area contributed by atoms with Crippen molar-refractivity contribution >= 4 is 5.91 Å². The highest BCUT2D eigenvalue weighted by atomic mass is 16.3. The molecule has 4 heteroatoms. The van der Waals surface area contributed by atoms with Crippen LogP contribution in [0.15, 0.2) is 47.1 Å². The van der Waals surface area contributed by atoms with Gasteiger partial charge in [0.05, 0.1) is 25.0 Å². The molecule has 0 saturated carbocycles. The number of rotatable bonds is 4. The van der Waals surface area contributed by atoms with Gasteiger partial charge in [-0.1, -0.05) is 24.0 Å². The maximum absolute atomic E-state index is 12.1. The van der Waals surface area contributed by atoms with E-state index >= 15 is 0 Å². The number of aliphatic hydroxyl groups excluding tert-OH is 1. The third-order valence-electron chi connectivity index (χ3n) is 2.63. The summed E-state index contributed by atoms with van der Waals surface area (Å²) in [6.45, 7) is 0.351. The molecule has 2 N–H and O–H groups in total. The maximum Gasteiger partial charge on any atom is 0.252 e. The van der Waals surface area contributed by atoms with Gasteiger partial charge in [-0.2, -0.15) is 0 Å². The van der Waals surface area contributed by atoms with Gasteiger partial charge in [-0.05, 0) is 24.3 Å². The summed E-state index contributed by atoms with van der Waals surface area (Å²) in [4.78, 5) is 12.1. The Kier molecular flexibility index (Phi) is 4.99. The van der Waals surface area contributed by atoms with Gasteiger partial charge in [0.2, 0.25) is 0 Å². The normalized spacial score (nSPS) is 9.65. The molecule has 0 aliphatic heterocycles. The number of nitrogens with one attached hydrogen (secondary N) is 1. The van der Waals surface area contributed by atoms with Crippen LogP contribution in [0.25, 0.3) is 0 Å². The zero-order valence-corrected chi connectivity index (χ0v) is 10.9. The van der Waals surface area contributed by atoms with Crippen molar-refractivity contribution in [3.8, 4) is 11.8 Å². The van der Waals surface area contributed by atoms with E-state index in [0.29, 0.717) is 29.9 Å². The predicted octanol–water partition coefficient (Wildman–Crippen LogP) is 1.94. The summed E-state index contributed by atoms with van der Waals surface area (Å²) in [7, 11) is 0. The fourth-order valence-electron chi connectivity index (χ4n) is 1.68. The SMILES string of the molecule is O=C(NCc1ccco1)c1ccccc1C#CCCO. The molecule has 1 amide bonds. The van der Waals surface area contributed by atoms with E-state index in [4.69, 9.17) is 9.52 Å². The first kappa shape index (κ1) is 13.9. The minimum absolute atomic E-state index is 0.0137. The number of hydrogen-bond acceptors (Lipinski definition) is 3. The van der Waals surface area contributed by atoms with Crippen molar-refractivity contribution in [2.75, 3.05) is 6.61 Å². The Morgan fingerprint density at radius 1 is 1.25 bits per heavy atom.